The largest absolute Gasteiger partial charge is 0.354 e. The van der Waals surface area contributed by atoms with Crippen LogP contribution in [0.5, 0.6) is 0 Å². The molecule has 1 saturated heterocycles. The number of piperidine rings is 1. The number of anilines is 1. The molecule has 0 saturated carbocycles. The van der Waals surface area contributed by atoms with Crippen LogP contribution in [-0.2, 0) is 17.8 Å². The zero-order chi connectivity index (χ0) is 22.8. The first kappa shape index (κ1) is 24.2. The first-order valence-electron chi connectivity index (χ1n) is 12.4. The Kier molecular flexibility index (Phi) is 9.50. The van der Waals surface area contributed by atoms with Crippen molar-refractivity contribution in [1.29, 1.82) is 0 Å². The first-order chi connectivity index (χ1) is 15.5. The van der Waals surface area contributed by atoms with Gasteiger partial charge in [-0.3, -0.25) is 4.79 Å². The molecular weight excluding hydrogens is 400 g/mol. The van der Waals surface area contributed by atoms with Crippen molar-refractivity contribution in [2.75, 3.05) is 11.4 Å². The third-order valence-corrected chi connectivity index (χ3v) is 6.28. The minimum Gasteiger partial charge on any atom is -0.354 e. The van der Waals surface area contributed by atoms with Crippen molar-refractivity contribution in [3.05, 3.63) is 36.3 Å². The van der Waals surface area contributed by atoms with Gasteiger partial charge >= 0.3 is 0 Å². The molecule has 0 radical (unpaired) electrons. The third-order valence-electron chi connectivity index (χ3n) is 6.28. The van der Waals surface area contributed by atoms with Gasteiger partial charge in [0.25, 0.3) is 0 Å². The number of hydrogen-bond donors (Lipinski definition) is 1. The van der Waals surface area contributed by atoms with Crippen molar-refractivity contribution in [1.82, 2.24) is 24.8 Å². The fraction of sp³-hybridized carbons (Fsp3) is 0.680. The smallest absolute Gasteiger partial charge is 0.222 e. The topological polar surface area (TPSA) is 75.9 Å². The number of carbonyl (C=O) groups is 1. The Bertz CT molecular complexity index is 822. The maximum atomic E-state index is 12.8. The number of aromatic nitrogens is 4. The Morgan fingerprint density at radius 2 is 2.12 bits per heavy atom. The van der Waals surface area contributed by atoms with Gasteiger partial charge in [-0.15, -0.1) is 0 Å². The molecule has 0 aliphatic carbocycles. The summed E-state index contributed by atoms with van der Waals surface area (Å²) in [4.78, 5) is 28.7. The quantitative estimate of drug-likeness (QED) is 0.494. The second kappa shape index (κ2) is 12.6. The van der Waals surface area contributed by atoms with Crippen LogP contribution in [0, 0.1) is 6.92 Å². The predicted molar refractivity (Wildman–Crippen MR) is 129 cm³/mol. The lowest BCUT2D eigenvalue weighted by molar-refractivity contribution is -0.122. The molecule has 7 heteroatoms. The number of rotatable bonds is 12. The van der Waals surface area contributed by atoms with Crippen molar-refractivity contribution >= 4 is 11.7 Å². The molecule has 0 aromatic carbocycles. The predicted octanol–water partition coefficient (Wildman–Crippen LogP) is 4.45. The van der Waals surface area contributed by atoms with E-state index in [4.69, 9.17) is 4.98 Å². The van der Waals surface area contributed by atoms with Gasteiger partial charge in [-0.1, -0.05) is 32.6 Å². The van der Waals surface area contributed by atoms with Crippen LogP contribution in [0.1, 0.15) is 83.2 Å². The van der Waals surface area contributed by atoms with E-state index >= 15 is 0 Å². The molecule has 2 atom stereocenters. The highest BCUT2D eigenvalue weighted by Crippen LogP contribution is 2.26. The van der Waals surface area contributed by atoms with E-state index in [2.05, 4.69) is 40.1 Å². The van der Waals surface area contributed by atoms with Crippen LogP contribution in [0.15, 0.2) is 24.8 Å². The monoisotopic (exact) mass is 440 g/mol. The Hall–Kier alpha value is -2.44. The summed E-state index contributed by atoms with van der Waals surface area (Å²) in [6.45, 7) is 8.14. The number of hydrogen-bond acceptors (Lipinski definition) is 5. The van der Waals surface area contributed by atoms with Gasteiger partial charge in [0.05, 0.1) is 6.33 Å². The highest BCUT2D eigenvalue weighted by molar-refractivity contribution is 5.77. The summed E-state index contributed by atoms with van der Waals surface area (Å²) < 4.78 is 2.04. The van der Waals surface area contributed by atoms with E-state index < -0.39 is 0 Å². The van der Waals surface area contributed by atoms with E-state index in [9.17, 15) is 4.79 Å². The first-order valence-corrected chi connectivity index (χ1v) is 12.4. The van der Waals surface area contributed by atoms with Crippen LogP contribution in [0.3, 0.4) is 0 Å². The molecule has 1 amide bonds. The second-order valence-corrected chi connectivity index (χ2v) is 9.20. The fourth-order valence-corrected chi connectivity index (χ4v) is 4.53. The normalized spacial score (nSPS) is 17.3. The number of nitrogens with zero attached hydrogens (tertiary/aromatic N) is 5. The van der Waals surface area contributed by atoms with Crippen LogP contribution < -0.4 is 10.2 Å². The molecule has 176 valence electrons. The minimum atomic E-state index is 0.163. The lowest BCUT2D eigenvalue weighted by Crippen LogP contribution is -2.44. The molecule has 7 nitrogen and oxygen atoms in total. The standard InChI is InChI=1S/C25H40N6O/c1-4-5-6-7-10-20(2)28-25(32)18-22-11-8-9-14-31(22)24-17-21(3)27-23(29-24)12-15-30-16-13-26-19-30/h13,16-17,19-20,22H,4-12,14-15,18H2,1-3H3,(H,28,32). The van der Waals surface area contributed by atoms with E-state index in [1.807, 2.05) is 24.0 Å². The highest BCUT2D eigenvalue weighted by Gasteiger charge is 2.27. The van der Waals surface area contributed by atoms with Gasteiger partial charge in [-0.2, -0.15) is 0 Å². The summed E-state index contributed by atoms with van der Waals surface area (Å²) >= 11 is 0. The number of carbonyl (C=O) groups excluding carboxylic acids is 1. The molecule has 2 unspecified atom stereocenters. The van der Waals surface area contributed by atoms with Crippen molar-refractivity contribution < 1.29 is 4.79 Å². The average Bonchev–Trinajstić information content (AvgIpc) is 3.29. The van der Waals surface area contributed by atoms with Crippen LogP contribution in [0.4, 0.5) is 5.82 Å². The molecule has 32 heavy (non-hydrogen) atoms. The molecule has 1 aliphatic heterocycles. The lowest BCUT2D eigenvalue weighted by atomic mass is 9.98. The van der Waals surface area contributed by atoms with Crippen molar-refractivity contribution in [3.8, 4) is 0 Å². The minimum absolute atomic E-state index is 0.163. The zero-order valence-electron chi connectivity index (χ0n) is 20.1. The van der Waals surface area contributed by atoms with Crippen molar-refractivity contribution in [3.63, 3.8) is 0 Å². The van der Waals surface area contributed by atoms with Gasteiger partial charge in [0.1, 0.15) is 11.6 Å². The van der Waals surface area contributed by atoms with Crippen LogP contribution in [0.2, 0.25) is 0 Å². The van der Waals surface area contributed by atoms with Crippen LogP contribution in [0.25, 0.3) is 0 Å². The second-order valence-electron chi connectivity index (χ2n) is 9.20. The fourth-order valence-electron chi connectivity index (χ4n) is 4.53. The van der Waals surface area contributed by atoms with E-state index in [0.29, 0.717) is 6.42 Å². The number of amides is 1. The Morgan fingerprint density at radius 1 is 1.25 bits per heavy atom. The molecule has 3 heterocycles. The van der Waals surface area contributed by atoms with Gasteiger partial charge in [-0.25, -0.2) is 15.0 Å². The van der Waals surface area contributed by atoms with E-state index in [-0.39, 0.29) is 18.0 Å². The van der Waals surface area contributed by atoms with Gasteiger partial charge in [0, 0.05) is 62.2 Å². The van der Waals surface area contributed by atoms with Crippen molar-refractivity contribution in [2.24, 2.45) is 0 Å². The number of nitrogens with one attached hydrogen (secondary N) is 1. The van der Waals surface area contributed by atoms with Crippen molar-refractivity contribution in [2.45, 2.75) is 104 Å². The van der Waals surface area contributed by atoms with Gasteiger partial charge in [0.2, 0.25) is 5.91 Å². The number of aryl methyl sites for hydroxylation is 3. The summed E-state index contributed by atoms with van der Waals surface area (Å²) in [6, 6.07) is 2.51. The van der Waals surface area contributed by atoms with Gasteiger partial charge in [-0.05, 0) is 39.5 Å². The lowest BCUT2D eigenvalue weighted by Gasteiger charge is -2.36. The molecule has 0 bridgehead atoms. The molecule has 0 spiro atoms. The summed E-state index contributed by atoms with van der Waals surface area (Å²) in [6.07, 6.45) is 16.2. The number of imidazole rings is 1. The molecule has 2 aromatic heterocycles. The van der Waals surface area contributed by atoms with E-state index in [1.165, 1.54) is 32.1 Å². The highest BCUT2D eigenvalue weighted by atomic mass is 16.1. The molecule has 3 rings (SSSR count). The average molecular weight is 441 g/mol. The molecule has 1 aliphatic rings. The summed E-state index contributed by atoms with van der Waals surface area (Å²) in [5.41, 5.74) is 0.977. The zero-order valence-corrected chi connectivity index (χ0v) is 20.1. The summed E-state index contributed by atoms with van der Waals surface area (Å²) in [7, 11) is 0. The maximum absolute atomic E-state index is 12.8. The van der Waals surface area contributed by atoms with E-state index in [1.54, 1.807) is 6.20 Å². The van der Waals surface area contributed by atoms with Gasteiger partial charge < -0.3 is 14.8 Å². The van der Waals surface area contributed by atoms with E-state index in [0.717, 1.165) is 56.1 Å². The summed E-state index contributed by atoms with van der Waals surface area (Å²) in [5, 5.41) is 3.23. The molecule has 1 N–H and O–H groups in total. The number of unbranched alkanes of at least 4 members (excludes halogenated alkanes) is 3. The Morgan fingerprint density at radius 3 is 2.91 bits per heavy atom. The SMILES string of the molecule is CCCCCCC(C)NC(=O)CC1CCCCN1c1cc(C)nc(CCn2ccnc2)n1. The third kappa shape index (κ3) is 7.61. The summed E-state index contributed by atoms with van der Waals surface area (Å²) in [5.74, 6) is 1.97. The van der Waals surface area contributed by atoms with Crippen LogP contribution in [-0.4, -0.2) is 44.1 Å². The maximum Gasteiger partial charge on any atom is 0.222 e. The van der Waals surface area contributed by atoms with Gasteiger partial charge in [0.15, 0.2) is 0 Å². The van der Waals surface area contributed by atoms with Crippen LogP contribution >= 0.6 is 0 Å². The molecular formula is C25H40N6O. The molecule has 1 fully saturated rings. The molecule has 2 aromatic rings. The Balaban J connectivity index is 1.58. The Labute approximate surface area is 193 Å².